The molecule has 3 nitrogen and oxygen atoms in total. The molecule has 1 N–H and O–H groups in total. The molecule has 110 valence electrons. The Kier molecular flexibility index (Phi) is 4.01. The molecule has 2 saturated heterocycles. The molecule has 0 aromatic heterocycles. The van der Waals surface area contributed by atoms with Crippen molar-refractivity contribution < 1.29 is 18.3 Å². The highest BCUT2D eigenvalue weighted by atomic mass is 19.1. The predicted molar refractivity (Wildman–Crippen MR) is 70.3 cm³/mol. The lowest BCUT2D eigenvalue weighted by Crippen LogP contribution is -2.41. The van der Waals surface area contributed by atoms with Crippen LogP contribution in [-0.2, 0) is 16.1 Å². The van der Waals surface area contributed by atoms with Gasteiger partial charge in [-0.2, -0.15) is 0 Å². The van der Waals surface area contributed by atoms with E-state index in [1.54, 1.807) is 0 Å². The second kappa shape index (κ2) is 5.76. The van der Waals surface area contributed by atoms with E-state index in [2.05, 4.69) is 5.32 Å². The summed E-state index contributed by atoms with van der Waals surface area (Å²) < 4.78 is 38.0. The van der Waals surface area contributed by atoms with Crippen LogP contribution in [0.5, 0.6) is 0 Å². The predicted octanol–water partition coefficient (Wildman–Crippen LogP) is 2.39. The lowest BCUT2D eigenvalue weighted by atomic mass is 9.89. The lowest BCUT2D eigenvalue weighted by Gasteiger charge is -2.32. The van der Waals surface area contributed by atoms with Gasteiger partial charge in [0.05, 0.1) is 24.9 Å². The Morgan fingerprint density at radius 2 is 2.10 bits per heavy atom. The zero-order valence-corrected chi connectivity index (χ0v) is 11.3. The molecule has 0 amide bonds. The van der Waals surface area contributed by atoms with Crippen LogP contribution in [0.15, 0.2) is 18.2 Å². The van der Waals surface area contributed by atoms with Crippen molar-refractivity contribution in [3.8, 4) is 0 Å². The first kappa shape index (κ1) is 13.9. The molecule has 1 aromatic rings. The van der Waals surface area contributed by atoms with Crippen LogP contribution in [0.1, 0.15) is 24.8 Å². The number of rotatable bonds is 3. The van der Waals surface area contributed by atoms with E-state index >= 15 is 0 Å². The van der Waals surface area contributed by atoms with Gasteiger partial charge in [0.1, 0.15) is 11.6 Å². The SMILES string of the molecule is Fc1ccc(COC2COC3(CCNCC3)C2)c(F)c1. The quantitative estimate of drug-likeness (QED) is 0.924. The third kappa shape index (κ3) is 3.00. The van der Waals surface area contributed by atoms with Gasteiger partial charge in [0.2, 0.25) is 0 Å². The van der Waals surface area contributed by atoms with Gasteiger partial charge < -0.3 is 14.8 Å². The third-order valence-electron chi connectivity index (χ3n) is 4.18. The summed E-state index contributed by atoms with van der Waals surface area (Å²) >= 11 is 0. The molecule has 1 spiro atoms. The molecular formula is C15H19F2NO2. The van der Waals surface area contributed by atoms with Gasteiger partial charge in [-0.1, -0.05) is 6.07 Å². The van der Waals surface area contributed by atoms with Gasteiger partial charge in [-0.15, -0.1) is 0 Å². The topological polar surface area (TPSA) is 30.5 Å². The fourth-order valence-corrected chi connectivity index (χ4v) is 2.99. The molecule has 2 fully saturated rings. The maximum atomic E-state index is 13.5. The molecule has 2 heterocycles. The van der Waals surface area contributed by atoms with E-state index in [-0.39, 0.29) is 18.3 Å². The van der Waals surface area contributed by atoms with Gasteiger partial charge in [-0.25, -0.2) is 8.78 Å². The number of hydrogen-bond acceptors (Lipinski definition) is 3. The average molecular weight is 283 g/mol. The van der Waals surface area contributed by atoms with Gasteiger partial charge in [0.15, 0.2) is 0 Å². The Labute approximate surface area is 117 Å². The molecule has 0 bridgehead atoms. The van der Waals surface area contributed by atoms with Crippen LogP contribution in [0.4, 0.5) is 8.78 Å². The number of ether oxygens (including phenoxy) is 2. The summed E-state index contributed by atoms with van der Waals surface area (Å²) in [7, 11) is 0. The van der Waals surface area contributed by atoms with Crippen LogP contribution in [0, 0.1) is 11.6 Å². The number of halogens is 2. The first-order valence-electron chi connectivity index (χ1n) is 7.07. The minimum Gasteiger partial charge on any atom is -0.372 e. The van der Waals surface area contributed by atoms with Crippen molar-refractivity contribution in [1.29, 1.82) is 0 Å². The average Bonchev–Trinajstić information content (AvgIpc) is 2.82. The molecule has 0 radical (unpaired) electrons. The Hall–Kier alpha value is -1.04. The molecule has 0 saturated carbocycles. The van der Waals surface area contributed by atoms with Crippen molar-refractivity contribution in [3.05, 3.63) is 35.4 Å². The normalized spacial score (nSPS) is 25.2. The van der Waals surface area contributed by atoms with Crippen LogP contribution in [-0.4, -0.2) is 31.4 Å². The third-order valence-corrected chi connectivity index (χ3v) is 4.18. The summed E-state index contributed by atoms with van der Waals surface area (Å²) in [5.74, 6) is -1.12. The summed E-state index contributed by atoms with van der Waals surface area (Å²) in [6.45, 7) is 2.66. The minimum atomic E-state index is -0.566. The highest BCUT2D eigenvalue weighted by Crippen LogP contribution is 2.35. The summed E-state index contributed by atoms with van der Waals surface area (Å²) in [5, 5.41) is 3.32. The van der Waals surface area contributed by atoms with Gasteiger partial charge in [0.25, 0.3) is 0 Å². The molecule has 0 aliphatic carbocycles. The van der Waals surface area contributed by atoms with E-state index in [1.165, 1.54) is 12.1 Å². The van der Waals surface area contributed by atoms with Crippen LogP contribution < -0.4 is 5.32 Å². The maximum Gasteiger partial charge on any atom is 0.131 e. The molecule has 1 unspecified atom stereocenters. The molecule has 1 aromatic carbocycles. The zero-order valence-electron chi connectivity index (χ0n) is 11.3. The monoisotopic (exact) mass is 283 g/mol. The van der Waals surface area contributed by atoms with Crippen LogP contribution >= 0.6 is 0 Å². The van der Waals surface area contributed by atoms with E-state index in [1.807, 2.05) is 0 Å². The molecule has 5 heteroatoms. The van der Waals surface area contributed by atoms with Gasteiger partial charge in [-0.3, -0.25) is 0 Å². The molecule has 20 heavy (non-hydrogen) atoms. The molecule has 2 aliphatic rings. The highest BCUT2D eigenvalue weighted by Gasteiger charge is 2.41. The molecule has 3 rings (SSSR count). The van der Waals surface area contributed by atoms with Crippen molar-refractivity contribution in [1.82, 2.24) is 5.32 Å². The lowest BCUT2D eigenvalue weighted by molar-refractivity contribution is -0.0241. The zero-order chi connectivity index (χ0) is 14.0. The Balaban J connectivity index is 1.54. The summed E-state index contributed by atoms with van der Waals surface area (Å²) in [5.41, 5.74) is 0.328. The summed E-state index contributed by atoms with van der Waals surface area (Å²) in [6.07, 6.45) is 2.85. The number of piperidine rings is 1. The first-order valence-corrected chi connectivity index (χ1v) is 7.07. The summed E-state index contributed by atoms with van der Waals surface area (Å²) in [6, 6.07) is 3.57. The number of nitrogens with one attached hydrogen (secondary N) is 1. The highest BCUT2D eigenvalue weighted by molar-refractivity contribution is 5.17. The second-order valence-corrected chi connectivity index (χ2v) is 5.62. The Morgan fingerprint density at radius 1 is 1.30 bits per heavy atom. The van der Waals surface area contributed by atoms with Crippen LogP contribution in [0.3, 0.4) is 0 Å². The smallest absolute Gasteiger partial charge is 0.131 e. The van der Waals surface area contributed by atoms with E-state index in [0.717, 1.165) is 38.4 Å². The Bertz CT molecular complexity index is 475. The van der Waals surface area contributed by atoms with Gasteiger partial charge >= 0.3 is 0 Å². The standard InChI is InChI=1S/C15H19F2NO2/c16-12-2-1-11(14(17)7-12)9-19-13-8-15(20-10-13)3-5-18-6-4-15/h1-2,7,13,18H,3-6,8-10H2. The van der Waals surface area contributed by atoms with Crippen molar-refractivity contribution in [2.75, 3.05) is 19.7 Å². The largest absolute Gasteiger partial charge is 0.372 e. The van der Waals surface area contributed by atoms with Crippen molar-refractivity contribution in [2.45, 2.75) is 37.6 Å². The van der Waals surface area contributed by atoms with Crippen molar-refractivity contribution in [3.63, 3.8) is 0 Å². The molecule has 1 atom stereocenters. The Morgan fingerprint density at radius 3 is 2.85 bits per heavy atom. The summed E-state index contributed by atoms with van der Waals surface area (Å²) in [4.78, 5) is 0. The van der Waals surface area contributed by atoms with Crippen molar-refractivity contribution in [2.24, 2.45) is 0 Å². The van der Waals surface area contributed by atoms with E-state index < -0.39 is 11.6 Å². The van der Waals surface area contributed by atoms with Gasteiger partial charge in [0, 0.05) is 18.1 Å². The van der Waals surface area contributed by atoms with E-state index in [0.29, 0.717) is 12.2 Å². The fraction of sp³-hybridized carbons (Fsp3) is 0.600. The first-order chi connectivity index (χ1) is 9.67. The van der Waals surface area contributed by atoms with Crippen LogP contribution in [0.2, 0.25) is 0 Å². The maximum absolute atomic E-state index is 13.5. The van der Waals surface area contributed by atoms with Gasteiger partial charge in [-0.05, 0) is 32.0 Å². The second-order valence-electron chi connectivity index (χ2n) is 5.62. The van der Waals surface area contributed by atoms with E-state index in [4.69, 9.17) is 9.47 Å². The van der Waals surface area contributed by atoms with Crippen LogP contribution in [0.25, 0.3) is 0 Å². The number of hydrogen-bond donors (Lipinski definition) is 1. The fourth-order valence-electron chi connectivity index (χ4n) is 2.99. The molecular weight excluding hydrogens is 264 g/mol. The number of benzene rings is 1. The minimum absolute atomic E-state index is 0.00227. The molecule has 2 aliphatic heterocycles. The van der Waals surface area contributed by atoms with Crippen molar-refractivity contribution >= 4 is 0 Å². The van der Waals surface area contributed by atoms with E-state index in [9.17, 15) is 8.78 Å².